The first kappa shape index (κ1) is 11.7. The molecule has 0 spiro atoms. The Morgan fingerprint density at radius 1 is 1.00 bits per heavy atom. The fourth-order valence-corrected chi connectivity index (χ4v) is 1.61. The summed E-state index contributed by atoms with van der Waals surface area (Å²) in [4.78, 5) is -2.23. The SMILES string of the molecule is Fc1cc(S(F)(F)(F)(F)F)ccc1Br. The van der Waals surface area contributed by atoms with Gasteiger partial charge in [-0.1, -0.05) is 19.4 Å². The van der Waals surface area contributed by atoms with E-state index in [1.165, 1.54) is 0 Å². The standard InChI is InChI=1S/C6H3BrF6S/c7-5-2-1-4(3-6(5)8)14(9,10,11,12)13/h1-3H. The van der Waals surface area contributed by atoms with E-state index in [-0.39, 0.29) is 16.6 Å². The van der Waals surface area contributed by atoms with Gasteiger partial charge in [-0.15, -0.1) is 0 Å². The molecule has 0 aliphatic carbocycles. The first-order chi connectivity index (χ1) is 5.90. The zero-order chi connectivity index (χ0) is 11.3. The summed E-state index contributed by atoms with van der Waals surface area (Å²) in [7, 11) is -9.75. The van der Waals surface area contributed by atoms with Crippen LogP contribution in [0.15, 0.2) is 27.6 Å². The summed E-state index contributed by atoms with van der Waals surface area (Å²) in [6.07, 6.45) is 0. The second-order valence-corrected chi connectivity index (χ2v) is 5.81. The molecule has 0 aliphatic heterocycles. The quantitative estimate of drug-likeness (QED) is 0.622. The molecule has 1 aromatic rings. The maximum atomic E-state index is 12.6. The molecule has 14 heavy (non-hydrogen) atoms. The fourth-order valence-electron chi connectivity index (χ4n) is 0.717. The summed E-state index contributed by atoms with van der Waals surface area (Å²) in [6, 6.07) is 0.489. The van der Waals surface area contributed by atoms with E-state index in [1.807, 2.05) is 0 Å². The van der Waals surface area contributed by atoms with Crippen LogP contribution in [0.3, 0.4) is 0 Å². The van der Waals surface area contributed by atoms with E-state index in [9.17, 15) is 23.8 Å². The lowest BCUT2D eigenvalue weighted by Gasteiger charge is -2.40. The van der Waals surface area contributed by atoms with E-state index in [2.05, 4.69) is 15.9 Å². The van der Waals surface area contributed by atoms with E-state index in [0.29, 0.717) is 6.07 Å². The van der Waals surface area contributed by atoms with Crippen LogP contribution in [0, 0.1) is 5.82 Å². The Hall–Kier alpha value is -0.370. The summed E-state index contributed by atoms with van der Waals surface area (Å²) >= 11 is 2.56. The molecule has 1 aromatic carbocycles. The van der Waals surface area contributed by atoms with Gasteiger partial charge >= 0.3 is 10.2 Å². The molecule has 1 rings (SSSR count). The van der Waals surface area contributed by atoms with Gasteiger partial charge < -0.3 is 0 Å². The van der Waals surface area contributed by atoms with Gasteiger partial charge in [0.25, 0.3) is 0 Å². The number of benzene rings is 1. The van der Waals surface area contributed by atoms with Crippen molar-refractivity contribution in [3.8, 4) is 0 Å². The Morgan fingerprint density at radius 3 is 1.86 bits per heavy atom. The summed E-state index contributed by atoms with van der Waals surface area (Å²) < 4.78 is 72.7. The highest BCUT2D eigenvalue weighted by Crippen LogP contribution is 3.02. The molecule has 0 saturated carbocycles. The Morgan fingerprint density at radius 2 is 1.50 bits per heavy atom. The van der Waals surface area contributed by atoms with Gasteiger partial charge in [-0.3, -0.25) is 0 Å². The van der Waals surface area contributed by atoms with E-state index < -0.39 is 20.9 Å². The molecular weight excluding hydrogens is 298 g/mol. The normalized spacial score (nSPS) is 17.4. The van der Waals surface area contributed by atoms with Gasteiger partial charge in [0, 0.05) is 0 Å². The van der Waals surface area contributed by atoms with Crippen LogP contribution in [0.1, 0.15) is 0 Å². The zero-order valence-corrected chi connectivity index (χ0v) is 8.69. The number of hydrogen-bond acceptors (Lipinski definition) is 0. The Kier molecular flexibility index (Phi) is 2.01. The lowest BCUT2D eigenvalue weighted by molar-refractivity contribution is 0.363. The van der Waals surface area contributed by atoms with Gasteiger partial charge in [0.1, 0.15) is 10.7 Å². The number of hydrogen-bond donors (Lipinski definition) is 0. The lowest BCUT2D eigenvalue weighted by Crippen LogP contribution is -2.06. The highest BCUT2D eigenvalue weighted by Gasteiger charge is 2.65. The van der Waals surface area contributed by atoms with Crippen LogP contribution < -0.4 is 0 Å². The molecule has 0 amide bonds. The van der Waals surface area contributed by atoms with Gasteiger partial charge in [-0.25, -0.2) is 4.39 Å². The van der Waals surface area contributed by atoms with E-state index >= 15 is 0 Å². The van der Waals surface area contributed by atoms with E-state index in [1.54, 1.807) is 0 Å². The molecule has 0 radical (unpaired) electrons. The van der Waals surface area contributed by atoms with Gasteiger partial charge in [0.2, 0.25) is 0 Å². The molecule has 0 atom stereocenters. The van der Waals surface area contributed by atoms with Crippen LogP contribution in [-0.2, 0) is 0 Å². The van der Waals surface area contributed by atoms with E-state index in [4.69, 9.17) is 0 Å². The largest absolute Gasteiger partial charge is 0.310 e. The third kappa shape index (κ3) is 2.57. The lowest BCUT2D eigenvalue weighted by atomic mass is 10.3. The number of halogens is 7. The summed E-state index contributed by atoms with van der Waals surface area (Å²) in [6.45, 7) is 0. The minimum absolute atomic E-state index is 0.134. The Bertz CT molecular complexity index is 382. The molecule has 0 nitrogen and oxygen atoms in total. The van der Waals surface area contributed by atoms with Crippen molar-refractivity contribution in [1.82, 2.24) is 0 Å². The predicted molar refractivity (Wildman–Crippen MR) is 45.5 cm³/mol. The topological polar surface area (TPSA) is 0 Å². The predicted octanol–water partition coefficient (Wildman–Crippen LogP) is 5.25. The minimum Gasteiger partial charge on any atom is -0.206 e. The molecule has 0 saturated heterocycles. The maximum Gasteiger partial charge on any atom is 0.310 e. The van der Waals surface area contributed by atoms with E-state index in [0.717, 1.165) is 0 Å². The van der Waals surface area contributed by atoms with Crippen molar-refractivity contribution in [2.75, 3.05) is 0 Å². The highest BCUT2D eigenvalue weighted by molar-refractivity contribution is 9.10. The van der Waals surface area contributed by atoms with Gasteiger partial charge in [0.05, 0.1) is 4.47 Å². The Labute approximate surface area is 83.8 Å². The Balaban J connectivity index is 3.45. The van der Waals surface area contributed by atoms with Gasteiger partial charge in [-0.2, -0.15) is 0 Å². The molecule has 0 heterocycles. The van der Waals surface area contributed by atoms with Crippen LogP contribution in [0.5, 0.6) is 0 Å². The fraction of sp³-hybridized carbons (Fsp3) is 0. The van der Waals surface area contributed by atoms with Crippen LogP contribution in [-0.4, -0.2) is 0 Å². The second-order valence-electron chi connectivity index (χ2n) is 2.54. The highest BCUT2D eigenvalue weighted by atomic mass is 79.9. The summed E-state index contributed by atoms with van der Waals surface area (Å²) in [5.74, 6) is -1.38. The molecular formula is C6H3BrF6S. The van der Waals surface area contributed by atoms with Crippen molar-refractivity contribution in [3.05, 3.63) is 28.5 Å². The van der Waals surface area contributed by atoms with Crippen molar-refractivity contribution in [2.45, 2.75) is 4.90 Å². The van der Waals surface area contributed by atoms with Crippen LogP contribution >= 0.6 is 26.2 Å². The van der Waals surface area contributed by atoms with Gasteiger partial charge in [-0.05, 0) is 34.1 Å². The molecule has 0 N–H and O–H groups in total. The van der Waals surface area contributed by atoms with Crippen molar-refractivity contribution < 1.29 is 23.8 Å². The van der Waals surface area contributed by atoms with Gasteiger partial charge in [0.15, 0.2) is 0 Å². The molecule has 0 bridgehead atoms. The van der Waals surface area contributed by atoms with Crippen molar-refractivity contribution >= 4 is 26.2 Å². The average molecular weight is 301 g/mol. The first-order valence-electron chi connectivity index (χ1n) is 3.09. The monoisotopic (exact) mass is 300 g/mol. The van der Waals surface area contributed by atoms with Crippen LogP contribution in [0.25, 0.3) is 0 Å². The molecule has 0 fully saturated rings. The first-order valence-corrected chi connectivity index (χ1v) is 5.84. The third-order valence-electron chi connectivity index (χ3n) is 1.34. The van der Waals surface area contributed by atoms with Crippen LogP contribution in [0.2, 0.25) is 0 Å². The molecule has 8 heteroatoms. The maximum absolute atomic E-state index is 12.6. The summed E-state index contributed by atoms with van der Waals surface area (Å²) in [5.41, 5.74) is 0. The molecule has 0 aliphatic rings. The smallest absolute Gasteiger partial charge is 0.206 e. The van der Waals surface area contributed by atoms with Crippen molar-refractivity contribution in [2.24, 2.45) is 0 Å². The van der Waals surface area contributed by atoms with Crippen molar-refractivity contribution in [1.29, 1.82) is 0 Å². The van der Waals surface area contributed by atoms with Crippen molar-refractivity contribution in [3.63, 3.8) is 0 Å². The summed E-state index contributed by atoms with van der Waals surface area (Å²) in [5, 5.41) is 0. The molecule has 0 unspecified atom stereocenters. The number of rotatable bonds is 1. The average Bonchev–Trinajstić information content (AvgIpc) is 1.89. The molecule has 0 aromatic heterocycles. The molecule has 82 valence electrons. The minimum atomic E-state index is -9.75. The second kappa shape index (κ2) is 2.41. The zero-order valence-electron chi connectivity index (χ0n) is 6.29. The third-order valence-corrected chi connectivity index (χ3v) is 3.12. The van der Waals surface area contributed by atoms with Crippen LogP contribution in [0.4, 0.5) is 23.8 Å².